The molecule has 6 atom stereocenters. The maximum absolute atomic E-state index is 12.1. The van der Waals surface area contributed by atoms with Crippen molar-refractivity contribution >= 4 is 23.7 Å². The van der Waals surface area contributed by atoms with Crippen molar-refractivity contribution in [3.05, 3.63) is 70.8 Å². The Kier molecular flexibility index (Phi) is 17.8. The maximum Gasteiger partial charge on any atom is 0.331 e. The van der Waals surface area contributed by atoms with Crippen molar-refractivity contribution in [2.75, 3.05) is 7.11 Å². The number of ether oxygens (including phenoxy) is 1. The van der Waals surface area contributed by atoms with Crippen molar-refractivity contribution in [1.82, 2.24) is 16.1 Å². The number of esters is 1. The van der Waals surface area contributed by atoms with E-state index < -0.39 is 60.2 Å². The van der Waals surface area contributed by atoms with Gasteiger partial charge in [0, 0.05) is 22.3 Å². The van der Waals surface area contributed by atoms with Crippen molar-refractivity contribution < 1.29 is 49.5 Å². The zero-order valence-corrected chi connectivity index (χ0v) is 26.9. The highest BCUT2D eigenvalue weighted by atomic mass is 16.5. The summed E-state index contributed by atoms with van der Waals surface area (Å²) in [5, 5.41) is 50.3. The third kappa shape index (κ3) is 15.1. The number of aliphatic hydroxyl groups is 4. The van der Waals surface area contributed by atoms with Crippen LogP contribution in [-0.4, -0.2) is 92.9 Å². The summed E-state index contributed by atoms with van der Waals surface area (Å²) in [4.78, 5) is 47.1. The molecule has 13 heteroatoms. The van der Waals surface area contributed by atoms with Crippen LogP contribution in [0, 0.1) is 47.4 Å². The molecule has 0 aliphatic heterocycles. The standard InChI is InChI=1S/C18H19NO5.C17H18N2O5/c1-12(20)6-4-5-7-14-8-10-15(11-9-14)17(22)19-16(13(2)21)18(23)24-3;1-11(20)5-3-4-6-13-7-9-14(10-8-13)16(22)18-15(12(2)21)17(23)19-24/h8-13,16,20-21H,1-3H3,(H,19,22);7-12,15,20-21,24H,1-2H3,(H,18,22)(H,19,23)/t12-,13+,16-;11-,12+,15-/m00/s1. The molecule has 0 aromatic heterocycles. The quantitative estimate of drug-likeness (QED) is 0.0786. The number of hydrogen-bond acceptors (Lipinski definition) is 10. The summed E-state index contributed by atoms with van der Waals surface area (Å²) in [6, 6.07) is 10.1. The van der Waals surface area contributed by atoms with Gasteiger partial charge in [0.2, 0.25) is 0 Å². The van der Waals surface area contributed by atoms with Gasteiger partial charge in [0.15, 0.2) is 6.04 Å². The monoisotopic (exact) mass is 659 g/mol. The van der Waals surface area contributed by atoms with E-state index in [1.807, 2.05) is 0 Å². The van der Waals surface area contributed by atoms with Crippen LogP contribution in [0.5, 0.6) is 0 Å². The second kappa shape index (κ2) is 21.2. The third-order valence-corrected chi connectivity index (χ3v) is 5.78. The van der Waals surface area contributed by atoms with Crippen molar-refractivity contribution in [3.8, 4) is 47.4 Å². The zero-order valence-electron chi connectivity index (χ0n) is 26.9. The van der Waals surface area contributed by atoms with E-state index in [-0.39, 0.29) is 5.56 Å². The highest BCUT2D eigenvalue weighted by Gasteiger charge is 2.27. The van der Waals surface area contributed by atoms with E-state index in [9.17, 15) is 29.4 Å². The van der Waals surface area contributed by atoms with Gasteiger partial charge in [0.25, 0.3) is 17.7 Å². The van der Waals surface area contributed by atoms with Crippen LogP contribution in [0.15, 0.2) is 48.5 Å². The maximum atomic E-state index is 12.1. The molecule has 2 aromatic carbocycles. The van der Waals surface area contributed by atoms with Crippen LogP contribution in [0.2, 0.25) is 0 Å². The molecule has 2 aromatic rings. The summed E-state index contributed by atoms with van der Waals surface area (Å²) in [6.45, 7) is 5.76. The first-order valence-corrected chi connectivity index (χ1v) is 14.3. The van der Waals surface area contributed by atoms with Crippen LogP contribution in [0.1, 0.15) is 59.5 Å². The Morgan fingerprint density at radius 2 is 1.00 bits per heavy atom. The highest BCUT2D eigenvalue weighted by molar-refractivity contribution is 5.98. The number of methoxy groups -OCH3 is 1. The van der Waals surface area contributed by atoms with Crippen LogP contribution in [0.4, 0.5) is 0 Å². The minimum Gasteiger partial charge on any atom is -0.467 e. The lowest BCUT2D eigenvalue weighted by molar-refractivity contribution is -0.145. The Hall–Kier alpha value is -5.64. The second-order valence-electron chi connectivity index (χ2n) is 9.93. The fourth-order valence-corrected chi connectivity index (χ4v) is 3.33. The molecular formula is C35H37N3O10. The first kappa shape index (κ1) is 40.4. The predicted molar refractivity (Wildman–Crippen MR) is 173 cm³/mol. The van der Waals surface area contributed by atoms with Gasteiger partial charge in [0.05, 0.1) is 19.3 Å². The first-order chi connectivity index (χ1) is 22.7. The molecule has 8 N–H and O–H groups in total. The molecule has 0 aliphatic rings. The number of rotatable bonds is 8. The fraction of sp³-hybridized carbons (Fsp3) is 0.314. The van der Waals surface area contributed by atoms with Crippen molar-refractivity contribution in [2.24, 2.45) is 0 Å². The molecule has 48 heavy (non-hydrogen) atoms. The van der Waals surface area contributed by atoms with Gasteiger partial charge in [-0.2, -0.15) is 0 Å². The van der Waals surface area contributed by atoms with Gasteiger partial charge in [-0.1, -0.05) is 23.7 Å². The summed E-state index contributed by atoms with van der Waals surface area (Å²) in [5.41, 5.74) is 3.22. The number of hydrogen-bond donors (Lipinski definition) is 8. The van der Waals surface area contributed by atoms with Crippen molar-refractivity contribution in [1.29, 1.82) is 0 Å². The van der Waals surface area contributed by atoms with Crippen LogP contribution in [0.25, 0.3) is 0 Å². The van der Waals surface area contributed by atoms with Gasteiger partial charge >= 0.3 is 5.97 Å². The summed E-state index contributed by atoms with van der Waals surface area (Å²) in [6.07, 6.45) is -3.75. The number of carbonyl (C=O) groups is 4. The Balaban J connectivity index is 0.000000480. The van der Waals surface area contributed by atoms with Gasteiger partial charge < -0.3 is 35.8 Å². The Bertz CT molecular complexity index is 1530. The minimum absolute atomic E-state index is 0.256. The van der Waals surface area contributed by atoms with Crippen LogP contribution in [0.3, 0.4) is 0 Å². The molecule has 2 rings (SSSR count). The first-order valence-electron chi connectivity index (χ1n) is 14.3. The van der Waals surface area contributed by atoms with Gasteiger partial charge in [-0.05, 0) is 99.9 Å². The number of amides is 3. The van der Waals surface area contributed by atoms with Crippen molar-refractivity contribution in [3.63, 3.8) is 0 Å². The number of aliphatic hydroxyl groups excluding tert-OH is 4. The number of hydroxylamine groups is 1. The number of carbonyl (C=O) groups excluding carboxylic acids is 4. The molecule has 13 nitrogen and oxygen atoms in total. The SMILES string of the molecule is COC(=O)[C@@H](NC(=O)c1ccc(C#CC#C[C@H](C)O)cc1)[C@@H](C)O.C[C@H](O)C#CC#Cc1ccc(C(=O)N[C@H](C(=O)NO)[C@@H](C)O)cc1. The van der Waals surface area contributed by atoms with Gasteiger partial charge in [-0.25, -0.2) is 10.3 Å². The third-order valence-electron chi connectivity index (χ3n) is 5.78. The molecule has 0 fully saturated rings. The van der Waals surface area contributed by atoms with Crippen LogP contribution < -0.4 is 16.1 Å². The van der Waals surface area contributed by atoms with E-state index in [0.717, 1.165) is 0 Å². The lowest BCUT2D eigenvalue weighted by Crippen LogP contribution is -2.51. The van der Waals surface area contributed by atoms with E-state index in [4.69, 9.17) is 15.4 Å². The van der Waals surface area contributed by atoms with E-state index in [1.165, 1.54) is 64.6 Å². The molecule has 0 heterocycles. The molecule has 0 saturated heterocycles. The van der Waals surface area contributed by atoms with E-state index in [0.29, 0.717) is 16.7 Å². The molecule has 0 bridgehead atoms. The lowest BCUT2D eigenvalue weighted by Gasteiger charge is -2.19. The summed E-state index contributed by atoms with van der Waals surface area (Å²) in [5.74, 6) is 17.9. The summed E-state index contributed by atoms with van der Waals surface area (Å²) in [7, 11) is 1.18. The van der Waals surface area contributed by atoms with E-state index in [2.05, 4.69) is 62.7 Å². The topological polar surface area (TPSA) is 215 Å². The van der Waals surface area contributed by atoms with Gasteiger partial charge in [-0.3, -0.25) is 19.6 Å². The van der Waals surface area contributed by atoms with Crippen LogP contribution >= 0.6 is 0 Å². The largest absolute Gasteiger partial charge is 0.467 e. The normalized spacial score (nSPS) is 13.2. The average Bonchev–Trinajstić information content (AvgIpc) is 3.05. The number of benzene rings is 2. The van der Waals surface area contributed by atoms with Gasteiger partial charge in [0.1, 0.15) is 18.2 Å². The highest BCUT2D eigenvalue weighted by Crippen LogP contribution is 2.06. The molecule has 0 saturated carbocycles. The van der Waals surface area contributed by atoms with Crippen LogP contribution in [-0.2, 0) is 14.3 Å². The summed E-state index contributed by atoms with van der Waals surface area (Å²) >= 11 is 0. The van der Waals surface area contributed by atoms with E-state index >= 15 is 0 Å². The lowest BCUT2D eigenvalue weighted by atomic mass is 10.1. The zero-order chi connectivity index (χ0) is 36.2. The van der Waals surface area contributed by atoms with E-state index in [1.54, 1.807) is 24.3 Å². The molecule has 252 valence electrons. The fourth-order valence-electron chi connectivity index (χ4n) is 3.33. The molecule has 0 spiro atoms. The molecule has 0 radical (unpaired) electrons. The second-order valence-corrected chi connectivity index (χ2v) is 9.93. The molecular weight excluding hydrogens is 622 g/mol. The Morgan fingerprint density at radius 3 is 1.31 bits per heavy atom. The Morgan fingerprint density at radius 1 is 0.625 bits per heavy atom. The number of nitrogens with one attached hydrogen (secondary N) is 3. The Labute approximate surface area is 278 Å². The smallest absolute Gasteiger partial charge is 0.331 e. The minimum atomic E-state index is -1.28. The molecule has 0 unspecified atom stereocenters. The average molecular weight is 660 g/mol. The molecule has 0 aliphatic carbocycles. The summed E-state index contributed by atoms with van der Waals surface area (Å²) < 4.78 is 4.54. The molecule has 3 amide bonds. The predicted octanol–water partition coefficient (Wildman–Crippen LogP) is -0.519. The van der Waals surface area contributed by atoms with Crippen molar-refractivity contribution in [2.45, 2.75) is 64.2 Å². The van der Waals surface area contributed by atoms with Gasteiger partial charge in [-0.15, -0.1) is 0 Å².